The van der Waals surface area contributed by atoms with E-state index in [9.17, 15) is 23.3 Å². The number of benzene rings is 2. The lowest BCUT2D eigenvalue weighted by Gasteiger charge is -2.34. The fraction of sp³-hybridized carbons (Fsp3) is 0.316. The van der Waals surface area contributed by atoms with Gasteiger partial charge in [-0.2, -0.15) is 4.31 Å². The number of hydrogen-bond donors (Lipinski definition) is 1. The lowest BCUT2D eigenvalue weighted by molar-refractivity contribution is -0.383. The third kappa shape index (κ3) is 4.62. The van der Waals surface area contributed by atoms with Crippen LogP contribution in [-0.4, -0.2) is 48.9 Å². The number of halogens is 1. The Labute approximate surface area is 178 Å². The molecule has 2 atom stereocenters. The fourth-order valence-electron chi connectivity index (χ4n) is 3.24. The molecule has 0 aromatic heterocycles. The smallest absolute Gasteiger partial charge is 0.292 e. The van der Waals surface area contributed by atoms with Gasteiger partial charge in [0.1, 0.15) is 5.69 Å². The van der Waals surface area contributed by atoms with Crippen LogP contribution in [0.15, 0.2) is 47.4 Å². The molecule has 0 radical (unpaired) electrons. The average molecular weight is 454 g/mol. The number of amides is 1. The van der Waals surface area contributed by atoms with Crippen LogP contribution in [0, 0.1) is 10.1 Å². The number of morpholine rings is 1. The number of rotatable bonds is 5. The summed E-state index contributed by atoms with van der Waals surface area (Å²) in [6, 6.07) is 9.44. The van der Waals surface area contributed by atoms with Crippen LogP contribution in [0.4, 0.5) is 11.4 Å². The van der Waals surface area contributed by atoms with E-state index in [1.54, 1.807) is 13.8 Å². The number of nitrogens with zero attached hydrogens (tertiary/aromatic N) is 2. The van der Waals surface area contributed by atoms with Gasteiger partial charge in [-0.3, -0.25) is 14.9 Å². The Kier molecular flexibility index (Phi) is 6.41. The molecule has 160 valence electrons. The molecule has 2 aromatic carbocycles. The number of carbonyl (C=O) groups excluding carboxylic acids is 1. The van der Waals surface area contributed by atoms with E-state index in [2.05, 4.69) is 5.32 Å². The Bertz CT molecular complexity index is 1080. The SMILES string of the molecule is C[C@@H]1CN(S(=O)(=O)c2ccc(Cl)c(C(=O)Nc3ccccc3[N+](=O)[O-])c2)C[C@@H](C)O1. The molecule has 2 aromatic rings. The van der Waals surface area contributed by atoms with Gasteiger partial charge in [-0.25, -0.2) is 8.42 Å². The van der Waals surface area contributed by atoms with Gasteiger partial charge >= 0.3 is 0 Å². The van der Waals surface area contributed by atoms with Crippen molar-refractivity contribution in [1.29, 1.82) is 0 Å². The van der Waals surface area contributed by atoms with Gasteiger partial charge in [-0.05, 0) is 38.1 Å². The Hall–Kier alpha value is -2.53. The number of nitrogens with one attached hydrogen (secondary N) is 1. The molecule has 30 heavy (non-hydrogen) atoms. The molecule has 0 bridgehead atoms. The zero-order valence-corrected chi connectivity index (χ0v) is 17.8. The zero-order valence-electron chi connectivity index (χ0n) is 16.2. The zero-order chi connectivity index (χ0) is 22.1. The summed E-state index contributed by atoms with van der Waals surface area (Å²) >= 11 is 6.12. The van der Waals surface area contributed by atoms with Gasteiger partial charge in [0.15, 0.2) is 0 Å². The minimum Gasteiger partial charge on any atom is -0.373 e. The molecular weight excluding hydrogens is 434 g/mol. The summed E-state index contributed by atoms with van der Waals surface area (Å²) in [6.45, 7) is 3.94. The standard InChI is InChI=1S/C19H20ClN3O6S/c1-12-10-22(11-13(2)29-12)30(27,28)14-7-8-16(20)15(9-14)19(24)21-17-5-3-4-6-18(17)23(25)26/h3-9,12-13H,10-11H2,1-2H3,(H,21,24)/t12-,13-/m1/s1. The summed E-state index contributed by atoms with van der Waals surface area (Å²) < 4.78 is 33.0. The number of ether oxygens (including phenoxy) is 1. The van der Waals surface area contributed by atoms with Crippen molar-refractivity contribution in [3.8, 4) is 0 Å². The summed E-state index contributed by atoms with van der Waals surface area (Å²) in [5.74, 6) is -0.755. The van der Waals surface area contributed by atoms with E-state index in [1.165, 1.54) is 46.8 Å². The Morgan fingerprint density at radius 3 is 2.47 bits per heavy atom. The van der Waals surface area contributed by atoms with E-state index in [1.807, 2.05) is 0 Å². The third-order valence-electron chi connectivity index (χ3n) is 4.56. The molecule has 0 spiro atoms. The largest absolute Gasteiger partial charge is 0.373 e. The summed E-state index contributed by atoms with van der Waals surface area (Å²) in [7, 11) is -3.89. The Morgan fingerprint density at radius 2 is 1.83 bits per heavy atom. The number of hydrogen-bond acceptors (Lipinski definition) is 6. The van der Waals surface area contributed by atoms with Crippen LogP contribution in [0.3, 0.4) is 0 Å². The highest BCUT2D eigenvalue weighted by atomic mass is 35.5. The molecule has 1 N–H and O–H groups in total. The summed E-state index contributed by atoms with van der Waals surface area (Å²) in [6.07, 6.45) is -0.533. The summed E-state index contributed by atoms with van der Waals surface area (Å²) in [5, 5.41) is 13.6. The minimum absolute atomic E-state index is 0.0207. The molecule has 0 aliphatic carbocycles. The van der Waals surface area contributed by atoms with Gasteiger partial charge in [-0.15, -0.1) is 0 Å². The van der Waals surface area contributed by atoms with Crippen LogP contribution in [0.2, 0.25) is 5.02 Å². The van der Waals surface area contributed by atoms with E-state index in [4.69, 9.17) is 16.3 Å². The van der Waals surface area contributed by atoms with Crippen molar-refractivity contribution in [2.75, 3.05) is 18.4 Å². The molecule has 0 unspecified atom stereocenters. The van der Waals surface area contributed by atoms with E-state index in [0.717, 1.165) is 0 Å². The van der Waals surface area contributed by atoms with Crippen molar-refractivity contribution in [2.45, 2.75) is 31.0 Å². The van der Waals surface area contributed by atoms with Crippen LogP contribution in [0.1, 0.15) is 24.2 Å². The van der Waals surface area contributed by atoms with E-state index >= 15 is 0 Å². The number of sulfonamides is 1. The topological polar surface area (TPSA) is 119 Å². The maximum Gasteiger partial charge on any atom is 0.292 e. The third-order valence-corrected chi connectivity index (χ3v) is 6.71. The molecule has 1 saturated heterocycles. The highest BCUT2D eigenvalue weighted by Gasteiger charge is 2.33. The van der Waals surface area contributed by atoms with Gasteiger partial charge in [0, 0.05) is 19.2 Å². The first-order valence-corrected chi connectivity index (χ1v) is 10.9. The van der Waals surface area contributed by atoms with Crippen LogP contribution in [0.25, 0.3) is 0 Å². The van der Waals surface area contributed by atoms with Crippen LogP contribution >= 0.6 is 11.6 Å². The monoisotopic (exact) mass is 453 g/mol. The molecule has 1 fully saturated rings. The Balaban J connectivity index is 1.92. The lowest BCUT2D eigenvalue weighted by Crippen LogP contribution is -2.48. The lowest BCUT2D eigenvalue weighted by atomic mass is 10.2. The van der Waals surface area contributed by atoms with Gasteiger partial charge in [0.05, 0.1) is 32.6 Å². The number of nitro benzene ring substituents is 1. The van der Waals surface area contributed by atoms with E-state index in [-0.39, 0.29) is 52.2 Å². The maximum atomic E-state index is 13.1. The van der Waals surface area contributed by atoms with Crippen molar-refractivity contribution in [3.05, 3.63) is 63.2 Å². The predicted octanol–water partition coefficient (Wildman–Crippen LogP) is 3.30. The summed E-state index contributed by atoms with van der Waals surface area (Å²) in [4.78, 5) is 23.2. The number of anilines is 1. The minimum atomic E-state index is -3.89. The molecule has 1 amide bonds. The molecule has 1 aliphatic rings. The predicted molar refractivity (Wildman–Crippen MR) is 111 cm³/mol. The first kappa shape index (κ1) is 22.2. The second kappa shape index (κ2) is 8.68. The molecular formula is C19H20ClN3O6S. The van der Waals surface area contributed by atoms with Crippen LogP contribution < -0.4 is 5.32 Å². The van der Waals surface area contributed by atoms with Crippen molar-refractivity contribution < 1.29 is 22.9 Å². The van der Waals surface area contributed by atoms with Crippen molar-refractivity contribution in [1.82, 2.24) is 4.31 Å². The highest BCUT2D eigenvalue weighted by Crippen LogP contribution is 2.28. The first-order valence-electron chi connectivity index (χ1n) is 9.09. The number of carbonyl (C=O) groups is 1. The summed E-state index contributed by atoms with van der Waals surface area (Å²) in [5.41, 5.74) is -0.417. The average Bonchev–Trinajstić information content (AvgIpc) is 2.67. The molecule has 11 heteroatoms. The van der Waals surface area contributed by atoms with E-state index < -0.39 is 20.9 Å². The molecule has 1 heterocycles. The molecule has 1 aliphatic heterocycles. The molecule has 9 nitrogen and oxygen atoms in total. The first-order chi connectivity index (χ1) is 14.1. The quantitative estimate of drug-likeness (QED) is 0.548. The fourth-order valence-corrected chi connectivity index (χ4v) is 5.06. The van der Waals surface area contributed by atoms with E-state index in [0.29, 0.717) is 0 Å². The van der Waals surface area contributed by atoms with Gasteiger partial charge in [-0.1, -0.05) is 23.7 Å². The normalized spacial score (nSPS) is 20.0. The van der Waals surface area contributed by atoms with Gasteiger partial charge in [0.25, 0.3) is 11.6 Å². The van der Waals surface area contributed by atoms with Crippen LogP contribution in [0.5, 0.6) is 0 Å². The van der Waals surface area contributed by atoms with Crippen molar-refractivity contribution in [2.24, 2.45) is 0 Å². The van der Waals surface area contributed by atoms with Gasteiger partial charge < -0.3 is 10.1 Å². The highest BCUT2D eigenvalue weighted by molar-refractivity contribution is 7.89. The second-order valence-electron chi connectivity index (χ2n) is 6.95. The Morgan fingerprint density at radius 1 is 1.20 bits per heavy atom. The van der Waals surface area contributed by atoms with Crippen molar-refractivity contribution in [3.63, 3.8) is 0 Å². The number of para-hydroxylation sites is 2. The molecule has 0 saturated carbocycles. The van der Waals surface area contributed by atoms with Crippen molar-refractivity contribution >= 4 is 38.9 Å². The maximum absolute atomic E-state index is 13.1. The molecule has 3 rings (SSSR count). The van der Waals surface area contributed by atoms with Crippen LogP contribution in [-0.2, 0) is 14.8 Å². The second-order valence-corrected chi connectivity index (χ2v) is 9.29. The van der Waals surface area contributed by atoms with Gasteiger partial charge in [0.2, 0.25) is 10.0 Å². The number of nitro groups is 1.